The summed E-state index contributed by atoms with van der Waals surface area (Å²) in [5.74, 6) is -2.54. The summed E-state index contributed by atoms with van der Waals surface area (Å²) in [4.78, 5) is 40.1. The van der Waals surface area contributed by atoms with E-state index in [0.29, 0.717) is 18.5 Å². The lowest BCUT2D eigenvalue weighted by Crippen LogP contribution is -2.59. The van der Waals surface area contributed by atoms with Gasteiger partial charge in [-0.25, -0.2) is 8.78 Å². The van der Waals surface area contributed by atoms with Gasteiger partial charge >= 0.3 is 0 Å². The van der Waals surface area contributed by atoms with Gasteiger partial charge in [0.2, 0.25) is 5.91 Å². The number of hydrogen-bond acceptors (Lipinski definition) is 3. The number of likely N-dealkylation sites (tertiary alicyclic amines) is 1. The number of hydrogen-bond donors (Lipinski definition) is 1. The molecular weight excluding hydrogens is 392 g/mol. The fourth-order valence-corrected chi connectivity index (χ4v) is 5.29. The molecule has 1 aromatic carbocycles. The van der Waals surface area contributed by atoms with E-state index in [1.165, 1.54) is 17.2 Å². The Morgan fingerprint density at radius 1 is 1.20 bits per heavy atom. The molecule has 0 radical (unpaired) electrons. The molecule has 0 bridgehead atoms. The van der Waals surface area contributed by atoms with Crippen LogP contribution in [-0.4, -0.2) is 34.4 Å². The minimum atomic E-state index is -0.783. The molecule has 2 atom stereocenters. The molecule has 1 saturated carbocycles. The van der Waals surface area contributed by atoms with Gasteiger partial charge in [0.25, 0.3) is 11.5 Å². The van der Waals surface area contributed by atoms with Gasteiger partial charge in [-0.2, -0.15) is 0 Å². The monoisotopic (exact) mass is 415 g/mol. The second-order valence-electron chi connectivity index (χ2n) is 9.07. The van der Waals surface area contributed by atoms with Crippen LogP contribution in [0.4, 0.5) is 8.78 Å². The van der Waals surface area contributed by atoms with Crippen LogP contribution in [0.2, 0.25) is 0 Å². The number of aromatic nitrogens is 1. The van der Waals surface area contributed by atoms with E-state index >= 15 is 0 Å². The molecule has 30 heavy (non-hydrogen) atoms. The van der Waals surface area contributed by atoms with Crippen LogP contribution in [0, 0.1) is 35.3 Å². The number of carbonyl (C=O) groups is 2. The first-order valence-electron chi connectivity index (χ1n) is 9.75. The standard InChI is InChI=1S/C22H23F2N3O3/c1-12-6-7-27(15-8-13(23)4-5-14(15)24)19(29)17(12)18(28)26-9-16-21(2,3)10-22(16,11-26)20(25)30/h4-8,16H,9-11H2,1-3H3,(H2,25,30)/t16-,22+/m1/s1. The molecule has 2 heterocycles. The smallest absolute Gasteiger partial charge is 0.268 e. The number of nitrogens with zero attached hydrogens (tertiary/aromatic N) is 2. The van der Waals surface area contributed by atoms with Crippen LogP contribution < -0.4 is 11.3 Å². The summed E-state index contributed by atoms with van der Waals surface area (Å²) in [7, 11) is 0. The number of nitrogens with two attached hydrogens (primary N) is 1. The third-order valence-electron chi connectivity index (χ3n) is 6.72. The number of rotatable bonds is 3. The van der Waals surface area contributed by atoms with Gasteiger partial charge in [-0.15, -0.1) is 0 Å². The van der Waals surface area contributed by atoms with Crippen LogP contribution in [0.25, 0.3) is 5.69 Å². The number of benzene rings is 1. The minimum absolute atomic E-state index is 0.0849. The first-order valence-corrected chi connectivity index (χ1v) is 9.75. The zero-order valence-electron chi connectivity index (χ0n) is 17.0. The lowest BCUT2D eigenvalue weighted by molar-refractivity contribution is -0.148. The Kier molecular flexibility index (Phi) is 4.38. The average Bonchev–Trinajstić information content (AvgIpc) is 3.00. The lowest BCUT2D eigenvalue weighted by Gasteiger charge is -2.54. The molecule has 1 aliphatic heterocycles. The van der Waals surface area contributed by atoms with E-state index in [0.717, 1.165) is 22.8 Å². The van der Waals surface area contributed by atoms with Crippen molar-refractivity contribution in [1.82, 2.24) is 9.47 Å². The summed E-state index contributed by atoms with van der Waals surface area (Å²) >= 11 is 0. The molecule has 8 heteroatoms. The predicted octanol–water partition coefficient (Wildman–Crippen LogP) is 2.40. The van der Waals surface area contributed by atoms with Gasteiger partial charge in [-0.1, -0.05) is 13.8 Å². The van der Waals surface area contributed by atoms with Gasteiger partial charge in [0.15, 0.2) is 0 Å². The van der Waals surface area contributed by atoms with E-state index in [2.05, 4.69) is 0 Å². The maximum absolute atomic E-state index is 14.2. The van der Waals surface area contributed by atoms with Crippen molar-refractivity contribution in [3.63, 3.8) is 0 Å². The maximum atomic E-state index is 14.2. The number of carbonyl (C=O) groups excluding carboxylic acids is 2. The Morgan fingerprint density at radius 3 is 2.50 bits per heavy atom. The van der Waals surface area contributed by atoms with Gasteiger partial charge in [0.05, 0.1) is 11.1 Å². The molecule has 158 valence electrons. The van der Waals surface area contributed by atoms with Crippen LogP contribution >= 0.6 is 0 Å². The van der Waals surface area contributed by atoms with Crippen LogP contribution in [0.1, 0.15) is 36.2 Å². The second kappa shape index (κ2) is 6.48. The third-order valence-corrected chi connectivity index (χ3v) is 6.72. The predicted molar refractivity (Wildman–Crippen MR) is 106 cm³/mol. The van der Waals surface area contributed by atoms with E-state index in [4.69, 9.17) is 5.73 Å². The third kappa shape index (κ3) is 2.77. The van der Waals surface area contributed by atoms with Crippen molar-refractivity contribution in [1.29, 1.82) is 0 Å². The summed E-state index contributed by atoms with van der Waals surface area (Å²) in [6.45, 7) is 6.13. The molecule has 2 fully saturated rings. The topological polar surface area (TPSA) is 85.4 Å². The summed E-state index contributed by atoms with van der Waals surface area (Å²) in [5.41, 5.74) is 4.03. The normalized spacial score (nSPS) is 24.3. The minimum Gasteiger partial charge on any atom is -0.369 e. The van der Waals surface area contributed by atoms with Gasteiger partial charge in [0, 0.05) is 25.4 Å². The molecule has 2 aromatic rings. The Morgan fingerprint density at radius 2 is 1.90 bits per heavy atom. The number of fused-ring (bicyclic) bond motifs is 1. The van der Waals surface area contributed by atoms with Crippen molar-refractivity contribution in [2.45, 2.75) is 27.2 Å². The quantitative estimate of drug-likeness (QED) is 0.835. The van der Waals surface area contributed by atoms with Crippen molar-refractivity contribution in [2.24, 2.45) is 22.5 Å². The molecule has 4 rings (SSSR count). The van der Waals surface area contributed by atoms with Gasteiger partial charge in [-0.05, 0) is 48.4 Å². The van der Waals surface area contributed by atoms with Crippen molar-refractivity contribution in [3.05, 3.63) is 63.6 Å². The van der Waals surface area contributed by atoms with Gasteiger partial charge < -0.3 is 10.6 Å². The molecule has 6 nitrogen and oxygen atoms in total. The van der Waals surface area contributed by atoms with E-state index < -0.39 is 34.4 Å². The number of pyridine rings is 1. The van der Waals surface area contributed by atoms with Crippen molar-refractivity contribution >= 4 is 11.8 Å². The van der Waals surface area contributed by atoms with E-state index in [1.807, 2.05) is 13.8 Å². The van der Waals surface area contributed by atoms with E-state index in [-0.39, 0.29) is 29.1 Å². The first kappa shape index (κ1) is 20.3. The highest BCUT2D eigenvalue weighted by atomic mass is 19.1. The highest BCUT2D eigenvalue weighted by molar-refractivity contribution is 5.96. The molecule has 0 unspecified atom stereocenters. The summed E-state index contributed by atoms with van der Waals surface area (Å²) < 4.78 is 28.8. The van der Waals surface area contributed by atoms with Gasteiger partial charge in [-0.3, -0.25) is 19.0 Å². The average molecular weight is 415 g/mol. The first-order chi connectivity index (χ1) is 14.0. The Balaban J connectivity index is 1.75. The van der Waals surface area contributed by atoms with Crippen LogP contribution in [0.5, 0.6) is 0 Å². The van der Waals surface area contributed by atoms with Crippen molar-refractivity contribution in [3.8, 4) is 5.69 Å². The maximum Gasteiger partial charge on any atom is 0.268 e. The molecule has 1 aromatic heterocycles. The lowest BCUT2D eigenvalue weighted by atomic mass is 9.48. The molecule has 0 spiro atoms. The molecule has 2 aliphatic rings. The fraction of sp³-hybridized carbons (Fsp3) is 0.409. The highest BCUT2D eigenvalue weighted by Gasteiger charge is 2.66. The zero-order valence-corrected chi connectivity index (χ0v) is 17.0. The van der Waals surface area contributed by atoms with Crippen LogP contribution in [0.15, 0.2) is 35.3 Å². The Hall–Kier alpha value is -3.03. The highest BCUT2D eigenvalue weighted by Crippen LogP contribution is 2.62. The summed E-state index contributed by atoms with van der Waals surface area (Å²) in [5, 5.41) is 0. The van der Waals surface area contributed by atoms with Crippen LogP contribution in [0.3, 0.4) is 0 Å². The van der Waals surface area contributed by atoms with E-state index in [9.17, 15) is 23.2 Å². The largest absolute Gasteiger partial charge is 0.369 e. The fourth-order valence-electron chi connectivity index (χ4n) is 5.29. The van der Waals surface area contributed by atoms with Crippen molar-refractivity contribution in [2.75, 3.05) is 13.1 Å². The summed E-state index contributed by atoms with van der Waals surface area (Å²) in [6, 6.07) is 4.29. The molecule has 1 saturated heterocycles. The molecule has 2 amide bonds. The SMILES string of the molecule is Cc1ccn(-c2cc(F)ccc2F)c(=O)c1C(=O)N1C[C@@H]2C(C)(C)C[C@]2(C(N)=O)C1. The van der Waals surface area contributed by atoms with Crippen molar-refractivity contribution < 1.29 is 18.4 Å². The Labute approximate surface area is 172 Å². The number of halogens is 2. The van der Waals surface area contributed by atoms with Gasteiger partial charge in [0.1, 0.15) is 17.2 Å². The summed E-state index contributed by atoms with van der Waals surface area (Å²) in [6.07, 6.45) is 1.89. The number of primary amides is 1. The van der Waals surface area contributed by atoms with E-state index in [1.54, 1.807) is 6.92 Å². The zero-order chi connectivity index (χ0) is 22.0. The number of amides is 2. The molecule has 1 aliphatic carbocycles. The molecule has 2 N–H and O–H groups in total. The second-order valence-corrected chi connectivity index (χ2v) is 9.07. The number of aryl methyl sites for hydroxylation is 1. The Bertz CT molecular complexity index is 1140. The molecular formula is C22H23F2N3O3. The van der Waals surface area contributed by atoms with Crippen LogP contribution in [-0.2, 0) is 4.79 Å².